The summed E-state index contributed by atoms with van der Waals surface area (Å²) < 4.78 is 16.6. The number of nitrogens with one attached hydrogen (secondary N) is 2. The Morgan fingerprint density at radius 3 is 2.77 bits per heavy atom. The standard InChI is InChI=1S/C23H33N3O3.HI/c1-2-13-28-22-6-3-5-19(16-22)8-11-24-23(26-17-20-10-15-27-18-20)25-12-9-21-7-4-14-29-21;/h3-7,14,16,20H,2,8-13,15,17-18H2,1H3,(H2,24,25,26);1H. The lowest BCUT2D eigenvalue weighted by Gasteiger charge is -2.14. The first kappa shape index (κ1) is 24.5. The Labute approximate surface area is 196 Å². The lowest BCUT2D eigenvalue weighted by Crippen LogP contribution is -2.39. The van der Waals surface area contributed by atoms with Gasteiger partial charge in [0.2, 0.25) is 0 Å². The fraction of sp³-hybridized carbons (Fsp3) is 0.522. The number of hydrogen-bond acceptors (Lipinski definition) is 4. The molecule has 0 bridgehead atoms. The molecule has 1 saturated heterocycles. The average molecular weight is 527 g/mol. The number of ether oxygens (including phenoxy) is 2. The van der Waals surface area contributed by atoms with Crippen LogP contribution in [0.1, 0.15) is 31.1 Å². The third kappa shape index (κ3) is 8.95. The molecule has 1 atom stereocenters. The minimum absolute atomic E-state index is 0. The monoisotopic (exact) mass is 527 g/mol. The summed E-state index contributed by atoms with van der Waals surface area (Å²) in [7, 11) is 0. The summed E-state index contributed by atoms with van der Waals surface area (Å²) in [4.78, 5) is 4.77. The van der Waals surface area contributed by atoms with Gasteiger partial charge in [-0.05, 0) is 49.1 Å². The first-order valence-electron chi connectivity index (χ1n) is 10.7. The second-order valence-corrected chi connectivity index (χ2v) is 7.35. The highest BCUT2D eigenvalue weighted by Crippen LogP contribution is 2.14. The molecule has 1 unspecified atom stereocenters. The van der Waals surface area contributed by atoms with Gasteiger partial charge in [0.05, 0.1) is 19.5 Å². The van der Waals surface area contributed by atoms with Crippen molar-refractivity contribution in [3.63, 3.8) is 0 Å². The molecule has 1 aromatic heterocycles. The second kappa shape index (κ2) is 14.3. The van der Waals surface area contributed by atoms with Gasteiger partial charge in [0.15, 0.2) is 5.96 Å². The number of rotatable bonds is 11. The van der Waals surface area contributed by atoms with E-state index < -0.39 is 0 Å². The smallest absolute Gasteiger partial charge is 0.191 e. The Morgan fingerprint density at radius 2 is 2.03 bits per heavy atom. The van der Waals surface area contributed by atoms with E-state index in [0.717, 1.165) is 82.6 Å². The topological polar surface area (TPSA) is 68.0 Å². The van der Waals surface area contributed by atoms with Gasteiger partial charge >= 0.3 is 0 Å². The lowest BCUT2D eigenvalue weighted by atomic mass is 10.1. The van der Waals surface area contributed by atoms with E-state index in [-0.39, 0.29) is 24.0 Å². The fourth-order valence-electron chi connectivity index (χ4n) is 3.22. The van der Waals surface area contributed by atoms with Crippen LogP contribution in [0.15, 0.2) is 52.1 Å². The highest BCUT2D eigenvalue weighted by molar-refractivity contribution is 14.0. The molecule has 2 N–H and O–H groups in total. The fourth-order valence-corrected chi connectivity index (χ4v) is 3.22. The van der Waals surface area contributed by atoms with Crippen molar-refractivity contribution in [1.82, 2.24) is 10.6 Å². The maximum Gasteiger partial charge on any atom is 0.191 e. The number of aliphatic imine (C=N–C) groups is 1. The maximum atomic E-state index is 5.73. The molecule has 0 radical (unpaired) electrons. The van der Waals surface area contributed by atoms with Gasteiger partial charge in [-0.1, -0.05) is 19.1 Å². The predicted molar refractivity (Wildman–Crippen MR) is 131 cm³/mol. The number of benzene rings is 1. The van der Waals surface area contributed by atoms with Gasteiger partial charge in [-0.15, -0.1) is 24.0 Å². The second-order valence-electron chi connectivity index (χ2n) is 7.35. The Bertz CT molecular complexity index is 731. The molecule has 2 aromatic rings. The molecule has 0 amide bonds. The molecule has 7 heteroatoms. The Balaban J connectivity index is 0.00000320. The van der Waals surface area contributed by atoms with E-state index in [1.165, 1.54) is 5.56 Å². The van der Waals surface area contributed by atoms with Gasteiger partial charge in [-0.25, -0.2) is 0 Å². The molecule has 1 aliphatic rings. The van der Waals surface area contributed by atoms with Crippen molar-refractivity contribution in [3.05, 3.63) is 54.0 Å². The molecule has 166 valence electrons. The van der Waals surface area contributed by atoms with E-state index in [9.17, 15) is 0 Å². The molecule has 3 rings (SSSR count). The van der Waals surface area contributed by atoms with Crippen molar-refractivity contribution in [2.45, 2.75) is 32.6 Å². The summed E-state index contributed by atoms with van der Waals surface area (Å²) in [6, 6.07) is 12.2. The molecule has 0 aliphatic carbocycles. The summed E-state index contributed by atoms with van der Waals surface area (Å²) >= 11 is 0. The van der Waals surface area contributed by atoms with Gasteiger partial charge < -0.3 is 24.5 Å². The van der Waals surface area contributed by atoms with Gasteiger partial charge in [0, 0.05) is 38.6 Å². The summed E-state index contributed by atoms with van der Waals surface area (Å²) in [6.45, 7) is 6.91. The average Bonchev–Trinajstić information content (AvgIpc) is 3.44. The van der Waals surface area contributed by atoms with Crippen molar-refractivity contribution in [3.8, 4) is 5.75 Å². The van der Waals surface area contributed by atoms with Crippen LogP contribution in [0.4, 0.5) is 0 Å². The Kier molecular flexibility index (Phi) is 11.7. The van der Waals surface area contributed by atoms with Crippen LogP contribution in [0.25, 0.3) is 0 Å². The number of halogens is 1. The van der Waals surface area contributed by atoms with Crippen LogP contribution < -0.4 is 15.4 Å². The number of guanidine groups is 1. The van der Waals surface area contributed by atoms with Crippen LogP contribution in [-0.4, -0.2) is 45.4 Å². The molecular weight excluding hydrogens is 493 g/mol. The van der Waals surface area contributed by atoms with Crippen molar-refractivity contribution in [1.29, 1.82) is 0 Å². The summed E-state index contributed by atoms with van der Waals surface area (Å²) in [5.41, 5.74) is 1.25. The highest BCUT2D eigenvalue weighted by Gasteiger charge is 2.15. The van der Waals surface area contributed by atoms with Gasteiger partial charge in [-0.3, -0.25) is 4.99 Å². The molecule has 1 aromatic carbocycles. The van der Waals surface area contributed by atoms with Crippen molar-refractivity contribution >= 4 is 29.9 Å². The highest BCUT2D eigenvalue weighted by atomic mass is 127. The van der Waals surface area contributed by atoms with Gasteiger partial charge in [-0.2, -0.15) is 0 Å². The van der Waals surface area contributed by atoms with E-state index in [4.69, 9.17) is 18.9 Å². The number of nitrogens with zero attached hydrogens (tertiary/aromatic N) is 1. The van der Waals surface area contributed by atoms with Crippen molar-refractivity contribution in [2.75, 3.05) is 39.5 Å². The van der Waals surface area contributed by atoms with E-state index in [1.807, 2.05) is 18.2 Å². The third-order valence-corrected chi connectivity index (χ3v) is 4.85. The lowest BCUT2D eigenvalue weighted by molar-refractivity contribution is 0.187. The minimum atomic E-state index is 0. The van der Waals surface area contributed by atoms with Crippen LogP contribution in [0, 0.1) is 5.92 Å². The van der Waals surface area contributed by atoms with Crippen LogP contribution in [0.5, 0.6) is 5.75 Å². The molecule has 30 heavy (non-hydrogen) atoms. The zero-order chi connectivity index (χ0) is 20.2. The SMILES string of the molecule is CCCOc1cccc(CCNC(=NCC2CCOC2)NCCc2ccco2)c1.I. The van der Waals surface area contributed by atoms with Crippen LogP contribution in [-0.2, 0) is 17.6 Å². The van der Waals surface area contributed by atoms with Gasteiger partial charge in [0.1, 0.15) is 11.5 Å². The van der Waals surface area contributed by atoms with Gasteiger partial charge in [0.25, 0.3) is 0 Å². The summed E-state index contributed by atoms with van der Waals surface area (Å²) in [5.74, 6) is 3.29. The Morgan fingerprint density at radius 1 is 1.17 bits per heavy atom. The van der Waals surface area contributed by atoms with Crippen molar-refractivity contribution < 1.29 is 13.9 Å². The normalized spacial score (nSPS) is 16.2. The third-order valence-electron chi connectivity index (χ3n) is 4.85. The minimum Gasteiger partial charge on any atom is -0.494 e. The first-order chi connectivity index (χ1) is 14.3. The molecule has 1 fully saturated rings. The molecule has 2 heterocycles. The summed E-state index contributed by atoms with van der Waals surface area (Å²) in [5, 5.41) is 6.88. The molecule has 6 nitrogen and oxygen atoms in total. The van der Waals surface area contributed by atoms with Crippen molar-refractivity contribution in [2.24, 2.45) is 10.9 Å². The molecule has 0 saturated carbocycles. The van der Waals surface area contributed by atoms with E-state index in [1.54, 1.807) is 6.26 Å². The number of furan rings is 1. The number of hydrogen-bond donors (Lipinski definition) is 2. The molecule has 1 aliphatic heterocycles. The van der Waals surface area contributed by atoms with E-state index >= 15 is 0 Å². The van der Waals surface area contributed by atoms with Crippen LogP contribution in [0.3, 0.4) is 0 Å². The van der Waals surface area contributed by atoms with E-state index in [2.05, 4.69) is 35.8 Å². The first-order valence-corrected chi connectivity index (χ1v) is 10.7. The zero-order valence-electron chi connectivity index (χ0n) is 17.8. The zero-order valence-corrected chi connectivity index (χ0v) is 20.1. The molecule has 0 spiro atoms. The Hall–Kier alpha value is -1.74. The van der Waals surface area contributed by atoms with Crippen LogP contribution in [0.2, 0.25) is 0 Å². The largest absolute Gasteiger partial charge is 0.494 e. The van der Waals surface area contributed by atoms with Crippen LogP contribution >= 0.6 is 24.0 Å². The molecular formula is C23H34IN3O3. The van der Waals surface area contributed by atoms with E-state index in [0.29, 0.717) is 5.92 Å². The summed E-state index contributed by atoms with van der Waals surface area (Å²) in [6.07, 6.45) is 5.56. The maximum absolute atomic E-state index is 5.73. The quantitative estimate of drug-likeness (QED) is 0.262. The predicted octanol–water partition coefficient (Wildman–Crippen LogP) is 4.04.